The smallest absolute Gasteiger partial charge is 0.254 e. The van der Waals surface area contributed by atoms with Crippen LogP contribution in [0.15, 0.2) is 30.6 Å². The van der Waals surface area contributed by atoms with Gasteiger partial charge in [0.2, 0.25) is 0 Å². The van der Waals surface area contributed by atoms with E-state index in [-0.39, 0.29) is 5.91 Å². The normalized spacial score (nSPS) is 26.7. The van der Waals surface area contributed by atoms with Crippen LogP contribution in [0.5, 0.6) is 0 Å². The van der Waals surface area contributed by atoms with Crippen molar-refractivity contribution in [1.82, 2.24) is 20.1 Å². The van der Waals surface area contributed by atoms with Crippen molar-refractivity contribution in [2.45, 2.75) is 19.8 Å². The number of H-pyrrole nitrogens is 1. The molecule has 1 aliphatic heterocycles. The molecule has 0 bridgehead atoms. The van der Waals surface area contributed by atoms with Crippen molar-refractivity contribution < 1.29 is 4.79 Å². The standard InChI is InChI=1S/C16H18N4O/c1-2-16-7-11(16)8-20(9-16)15(21)13-6-4-3-5-12(13)14-17-10-18-19-14/h3-6,10-11H,2,7-9H2,1H3,(H,17,18,19). The van der Waals surface area contributed by atoms with Crippen LogP contribution < -0.4 is 0 Å². The van der Waals surface area contributed by atoms with Crippen molar-refractivity contribution in [1.29, 1.82) is 0 Å². The monoisotopic (exact) mass is 282 g/mol. The van der Waals surface area contributed by atoms with Crippen LogP contribution >= 0.6 is 0 Å². The Morgan fingerprint density at radius 1 is 1.48 bits per heavy atom. The predicted octanol–water partition coefficient (Wildman–Crippen LogP) is 2.34. The maximum Gasteiger partial charge on any atom is 0.254 e. The Labute approximate surface area is 123 Å². The number of nitrogens with one attached hydrogen (secondary N) is 1. The Balaban J connectivity index is 1.64. The highest BCUT2D eigenvalue weighted by atomic mass is 16.2. The fourth-order valence-electron chi connectivity index (χ4n) is 3.68. The molecule has 2 heterocycles. The van der Waals surface area contributed by atoms with Crippen molar-refractivity contribution in [3.8, 4) is 11.4 Å². The number of piperidine rings is 1. The minimum Gasteiger partial charge on any atom is -0.338 e. The first-order chi connectivity index (χ1) is 10.2. The van der Waals surface area contributed by atoms with Crippen molar-refractivity contribution >= 4 is 5.91 Å². The molecule has 5 heteroatoms. The molecule has 1 saturated carbocycles. The van der Waals surface area contributed by atoms with Crippen molar-refractivity contribution in [2.75, 3.05) is 13.1 Å². The van der Waals surface area contributed by atoms with Crippen molar-refractivity contribution in [3.63, 3.8) is 0 Å². The van der Waals surface area contributed by atoms with E-state index < -0.39 is 0 Å². The quantitative estimate of drug-likeness (QED) is 0.940. The summed E-state index contributed by atoms with van der Waals surface area (Å²) in [7, 11) is 0. The highest BCUT2D eigenvalue weighted by molar-refractivity contribution is 6.00. The molecule has 4 rings (SSSR count). The molecule has 0 spiro atoms. The molecule has 21 heavy (non-hydrogen) atoms. The Kier molecular flexibility index (Phi) is 2.64. The topological polar surface area (TPSA) is 61.9 Å². The van der Waals surface area contributed by atoms with Gasteiger partial charge >= 0.3 is 0 Å². The van der Waals surface area contributed by atoms with E-state index in [4.69, 9.17) is 0 Å². The summed E-state index contributed by atoms with van der Waals surface area (Å²) in [6, 6.07) is 7.62. The number of aromatic nitrogens is 3. The minimum atomic E-state index is 0.113. The van der Waals surface area contributed by atoms with E-state index >= 15 is 0 Å². The van der Waals surface area contributed by atoms with Gasteiger partial charge in [0, 0.05) is 18.7 Å². The van der Waals surface area contributed by atoms with Gasteiger partial charge in [0.25, 0.3) is 5.91 Å². The lowest BCUT2D eigenvalue weighted by atomic mass is 10.0. The Morgan fingerprint density at radius 3 is 3.05 bits per heavy atom. The van der Waals surface area contributed by atoms with E-state index in [1.165, 1.54) is 19.2 Å². The molecule has 1 amide bonds. The third kappa shape index (κ3) is 1.87. The van der Waals surface area contributed by atoms with E-state index in [1.54, 1.807) is 0 Å². The molecule has 2 aliphatic rings. The average molecular weight is 282 g/mol. The molecule has 2 atom stereocenters. The number of nitrogens with zero attached hydrogens (tertiary/aromatic N) is 3. The number of likely N-dealkylation sites (tertiary alicyclic amines) is 1. The third-order valence-corrected chi connectivity index (χ3v) is 5.12. The summed E-state index contributed by atoms with van der Waals surface area (Å²) in [6.07, 6.45) is 3.93. The maximum absolute atomic E-state index is 12.9. The van der Waals surface area contributed by atoms with Gasteiger partial charge in [-0.05, 0) is 30.2 Å². The lowest BCUT2D eigenvalue weighted by molar-refractivity contribution is 0.0764. The molecule has 2 unspecified atom stereocenters. The van der Waals surface area contributed by atoms with Crippen LogP contribution in [-0.4, -0.2) is 39.1 Å². The number of carbonyl (C=O) groups is 1. The van der Waals surface area contributed by atoms with E-state index in [9.17, 15) is 4.79 Å². The molecule has 1 saturated heterocycles. The number of rotatable bonds is 3. The summed E-state index contributed by atoms with van der Waals surface area (Å²) in [4.78, 5) is 19.0. The molecule has 5 nitrogen and oxygen atoms in total. The van der Waals surface area contributed by atoms with Gasteiger partial charge in [-0.15, -0.1) is 0 Å². The largest absolute Gasteiger partial charge is 0.338 e. The molecule has 1 aromatic carbocycles. The number of amides is 1. The van der Waals surface area contributed by atoms with Crippen molar-refractivity contribution in [3.05, 3.63) is 36.2 Å². The Morgan fingerprint density at radius 2 is 2.33 bits per heavy atom. The first-order valence-corrected chi connectivity index (χ1v) is 7.47. The second kappa shape index (κ2) is 4.41. The zero-order valence-electron chi connectivity index (χ0n) is 12.0. The van der Waals surface area contributed by atoms with Crippen LogP contribution in [0.3, 0.4) is 0 Å². The van der Waals surface area contributed by atoms with Crippen LogP contribution in [0.25, 0.3) is 11.4 Å². The van der Waals surface area contributed by atoms with Gasteiger partial charge in [0.15, 0.2) is 5.82 Å². The van der Waals surface area contributed by atoms with Gasteiger partial charge in [0.1, 0.15) is 6.33 Å². The number of aromatic amines is 1. The van der Waals surface area contributed by atoms with Gasteiger partial charge in [-0.3, -0.25) is 9.89 Å². The molecular weight excluding hydrogens is 264 g/mol. The highest BCUT2D eigenvalue weighted by Crippen LogP contribution is 2.60. The Bertz CT molecular complexity index is 677. The zero-order valence-corrected chi connectivity index (χ0v) is 12.0. The van der Waals surface area contributed by atoms with Gasteiger partial charge in [-0.25, -0.2) is 4.98 Å². The van der Waals surface area contributed by atoms with Crippen LogP contribution in [0.4, 0.5) is 0 Å². The highest BCUT2D eigenvalue weighted by Gasteiger charge is 2.59. The van der Waals surface area contributed by atoms with Crippen LogP contribution in [-0.2, 0) is 0 Å². The zero-order chi connectivity index (χ0) is 14.4. The van der Waals surface area contributed by atoms with Crippen LogP contribution in [0, 0.1) is 11.3 Å². The van der Waals surface area contributed by atoms with Crippen LogP contribution in [0.2, 0.25) is 0 Å². The predicted molar refractivity (Wildman–Crippen MR) is 78.6 cm³/mol. The molecule has 108 valence electrons. The lowest BCUT2D eigenvalue weighted by Gasteiger charge is -2.21. The average Bonchev–Trinajstić information content (AvgIpc) is 2.93. The van der Waals surface area contributed by atoms with Crippen LogP contribution in [0.1, 0.15) is 30.1 Å². The molecule has 2 aromatic rings. The second-order valence-corrected chi connectivity index (χ2v) is 6.18. The maximum atomic E-state index is 12.9. The summed E-state index contributed by atoms with van der Waals surface area (Å²) in [5.74, 6) is 1.47. The number of hydrogen-bond acceptors (Lipinski definition) is 3. The first kappa shape index (κ1) is 12.6. The third-order valence-electron chi connectivity index (χ3n) is 5.12. The second-order valence-electron chi connectivity index (χ2n) is 6.18. The minimum absolute atomic E-state index is 0.113. The summed E-state index contributed by atoms with van der Waals surface area (Å²) in [5, 5.41) is 6.72. The summed E-state index contributed by atoms with van der Waals surface area (Å²) in [5.41, 5.74) is 1.95. The molecule has 1 aromatic heterocycles. The Hall–Kier alpha value is -2.17. The lowest BCUT2D eigenvalue weighted by Crippen LogP contribution is -2.32. The van der Waals surface area contributed by atoms with Crippen molar-refractivity contribution in [2.24, 2.45) is 11.3 Å². The molecule has 1 N–H and O–H groups in total. The SMILES string of the molecule is CCC12CC1CN(C(=O)c1ccccc1-c1ncn[nH]1)C2. The fraction of sp³-hybridized carbons (Fsp3) is 0.438. The summed E-state index contributed by atoms with van der Waals surface area (Å²) < 4.78 is 0. The van der Waals surface area contributed by atoms with E-state index in [0.717, 1.165) is 18.7 Å². The van der Waals surface area contributed by atoms with Gasteiger partial charge in [-0.1, -0.05) is 25.1 Å². The van der Waals surface area contributed by atoms with E-state index in [1.807, 2.05) is 29.2 Å². The molecule has 0 radical (unpaired) electrons. The van der Waals surface area contributed by atoms with Gasteiger partial charge < -0.3 is 4.90 Å². The summed E-state index contributed by atoms with van der Waals surface area (Å²) in [6.45, 7) is 4.03. The summed E-state index contributed by atoms with van der Waals surface area (Å²) >= 11 is 0. The molecule has 1 aliphatic carbocycles. The number of benzene rings is 1. The van der Waals surface area contributed by atoms with Gasteiger partial charge in [0.05, 0.1) is 5.56 Å². The van der Waals surface area contributed by atoms with Gasteiger partial charge in [-0.2, -0.15) is 5.10 Å². The molecule has 2 fully saturated rings. The van der Waals surface area contributed by atoms with E-state index in [0.29, 0.717) is 22.7 Å². The fourth-order valence-corrected chi connectivity index (χ4v) is 3.68. The number of fused-ring (bicyclic) bond motifs is 1. The number of hydrogen-bond donors (Lipinski definition) is 1. The molecular formula is C16H18N4O. The first-order valence-electron chi connectivity index (χ1n) is 7.47. The van der Waals surface area contributed by atoms with E-state index in [2.05, 4.69) is 22.1 Å². The number of carbonyl (C=O) groups excluding carboxylic acids is 1.